The van der Waals surface area contributed by atoms with Crippen LogP contribution in [0.25, 0.3) is 6.08 Å². The first-order chi connectivity index (χ1) is 13.6. The molecule has 1 aromatic carbocycles. The molecule has 148 valence electrons. The molecule has 1 fully saturated rings. The standard InChI is InChI=1S/C20H23N3O3S2/c1-3-10-26-16-7-4-15(5-8-16)6-9-18(24)23-13-27-12-17(23)19(25)22-20-21-11-14(2)28-20/h4-9,11,17H,3,10,12-13H2,1-2H3,(H,21,22,25). The number of hydrogen-bond donors (Lipinski definition) is 1. The highest BCUT2D eigenvalue weighted by atomic mass is 32.2. The van der Waals surface area contributed by atoms with Gasteiger partial charge in [-0.05, 0) is 37.1 Å². The molecule has 2 aromatic rings. The number of nitrogens with one attached hydrogen (secondary N) is 1. The summed E-state index contributed by atoms with van der Waals surface area (Å²) in [5.74, 6) is 1.53. The number of thioether (sulfide) groups is 1. The van der Waals surface area contributed by atoms with Gasteiger partial charge in [0, 0.05) is 22.9 Å². The second-order valence-corrected chi connectivity index (χ2v) is 8.57. The highest BCUT2D eigenvalue weighted by molar-refractivity contribution is 7.99. The molecule has 1 aromatic heterocycles. The van der Waals surface area contributed by atoms with Crippen LogP contribution in [0.1, 0.15) is 23.8 Å². The van der Waals surface area contributed by atoms with Gasteiger partial charge in [-0.25, -0.2) is 4.98 Å². The quantitative estimate of drug-likeness (QED) is 0.694. The number of amides is 2. The average Bonchev–Trinajstić information content (AvgIpc) is 3.34. The summed E-state index contributed by atoms with van der Waals surface area (Å²) in [6, 6.07) is 7.09. The molecule has 0 aliphatic carbocycles. The van der Waals surface area contributed by atoms with Crippen LogP contribution in [0.15, 0.2) is 36.5 Å². The summed E-state index contributed by atoms with van der Waals surface area (Å²) in [6.07, 6.45) is 5.95. The Morgan fingerprint density at radius 1 is 1.36 bits per heavy atom. The molecular formula is C20H23N3O3S2. The van der Waals surface area contributed by atoms with Crippen molar-refractivity contribution in [2.24, 2.45) is 0 Å². The van der Waals surface area contributed by atoms with Gasteiger partial charge in [0.25, 0.3) is 0 Å². The van der Waals surface area contributed by atoms with Crippen LogP contribution in [0.5, 0.6) is 5.75 Å². The van der Waals surface area contributed by atoms with Crippen LogP contribution in [0, 0.1) is 6.92 Å². The highest BCUT2D eigenvalue weighted by Crippen LogP contribution is 2.24. The van der Waals surface area contributed by atoms with E-state index in [1.54, 1.807) is 28.9 Å². The molecule has 8 heteroatoms. The Kier molecular flexibility index (Phi) is 7.11. The van der Waals surface area contributed by atoms with Gasteiger partial charge in [0.15, 0.2) is 5.13 Å². The Hall–Kier alpha value is -2.32. The normalized spacial score (nSPS) is 16.5. The number of aromatic nitrogens is 1. The molecular weight excluding hydrogens is 394 g/mol. The van der Waals surface area contributed by atoms with E-state index in [2.05, 4.69) is 17.2 Å². The SMILES string of the molecule is CCCOc1ccc(C=CC(=O)N2CSCC2C(=O)Nc2ncc(C)s2)cc1. The largest absolute Gasteiger partial charge is 0.494 e. The van der Waals surface area contributed by atoms with E-state index in [4.69, 9.17) is 4.74 Å². The molecule has 2 amide bonds. The Morgan fingerprint density at radius 2 is 2.14 bits per heavy atom. The van der Waals surface area contributed by atoms with Gasteiger partial charge in [0.2, 0.25) is 11.8 Å². The van der Waals surface area contributed by atoms with Crippen LogP contribution >= 0.6 is 23.1 Å². The van der Waals surface area contributed by atoms with Crippen molar-refractivity contribution in [2.75, 3.05) is 23.6 Å². The Labute approximate surface area is 173 Å². The van der Waals surface area contributed by atoms with E-state index >= 15 is 0 Å². The maximum Gasteiger partial charge on any atom is 0.249 e. The molecule has 1 aliphatic heterocycles. The first kappa shape index (κ1) is 20.4. The van der Waals surface area contributed by atoms with E-state index in [9.17, 15) is 9.59 Å². The van der Waals surface area contributed by atoms with Crippen LogP contribution in [-0.2, 0) is 9.59 Å². The fourth-order valence-electron chi connectivity index (χ4n) is 2.64. The lowest BCUT2D eigenvalue weighted by atomic mass is 10.2. The van der Waals surface area contributed by atoms with E-state index in [1.807, 2.05) is 31.2 Å². The van der Waals surface area contributed by atoms with Gasteiger partial charge >= 0.3 is 0 Å². The molecule has 1 aliphatic rings. The average molecular weight is 418 g/mol. The molecule has 6 nitrogen and oxygen atoms in total. The van der Waals surface area contributed by atoms with Crippen molar-refractivity contribution < 1.29 is 14.3 Å². The third-order valence-electron chi connectivity index (χ3n) is 4.09. The number of carbonyl (C=O) groups is 2. The van der Waals surface area contributed by atoms with Crippen LogP contribution in [0.3, 0.4) is 0 Å². The summed E-state index contributed by atoms with van der Waals surface area (Å²) in [7, 11) is 0. The summed E-state index contributed by atoms with van der Waals surface area (Å²) in [5, 5.41) is 3.37. The number of rotatable bonds is 7. The molecule has 0 radical (unpaired) electrons. The predicted molar refractivity (Wildman–Crippen MR) is 115 cm³/mol. The van der Waals surface area contributed by atoms with Gasteiger partial charge in [-0.1, -0.05) is 19.1 Å². The molecule has 1 unspecified atom stereocenters. The number of nitrogens with zero attached hydrogens (tertiary/aromatic N) is 2. The lowest BCUT2D eigenvalue weighted by molar-refractivity contribution is -0.132. The third-order valence-corrected chi connectivity index (χ3v) is 5.93. The van der Waals surface area contributed by atoms with Gasteiger partial charge in [0.05, 0.1) is 12.5 Å². The zero-order valence-corrected chi connectivity index (χ0v) is 17.5. The zero-order valence-electron chi connectivity index (χ0n) is 15.9. The van der Waals surface area contributed by atoms with E-state index in [0.29, 0.717) is 23.4 Å². The number of benzene rings is 1. The molecule has 28 heavy (non-hydrogen) atoms. The third kappa shape index (κ3) is 5.36. The molecule has 2 heterocycles. The van der Waals surface area contributed by atoms with Gasteiger partial charge in [-0.3, -0.25) is 9.59 Å². The summed E-state index contributed by atoms with van der Waals surface area (Å²) in [5.41, 5.74) is 0.906. The first-order valence-electron chi connectivity index (χ1n) is 9.09. The van der Waals surface area contributed by atoms with Crippen molar-refractivity contribution >= 4 is 46.1 Å². The molecule has 1 N–H and O–H groups in total. The van der Waals surface area contributed by atoms with Crippen LogP contribution in [-0.4, -0.2) is 46.0 Å². The number of aryl methyl sites for hydroxylation is 1. The summed E-state index contributed by atoms with van der Waals surface area (Å²) in [6.45, 7) is 4.68. The maximum atomic E-state index is 12.6. The molecule has 0 bridgehead atoms. The highest BCUT2D eigenvalue weighted by Gasteiger charge is 2.34. The van der Waals surface area contributed by atoms with E-state index in [1.165, 1.54) is 17.4 Å². The molecule has 3 rings (SSSR count). The van der Waals surface area contributed by atoms with E-state index in [-0.39, 0.29) is 11.8 Å². The second kappa shape index (κ2) is 9.75. The van der Waals surface area contributed by atoms with Crippen molar-refractivity contribution in [1.82, 2.24) is 9.88 Å². The second-order valence-electron chi connectivity index (χ2n) is 6.34. The van der Waals surface area contributed by atoms with Gasteiger partial charge in [0.1, 0.15) is 11.8 Å². The summed E-state index contributed by atoms with van der Waals surface area (Å²) >= 11 is 2.99. The number of hydrogen-bond acceptors (Lipinski definition) is 6. The van der Waals surface area contributed by atoms with Crippen LogP contribution in [0.2, 0.25) is 0 Å². The Bertz CT molecular complexity index is 849. The minimum Gasteiger partial charge on any atom is -0.494 e. The maximum absolute atomic E-state index is 12.6. The molecule has 0 saturated carbocycles. The fourth-order valence-corrected chi connectivity index (χ4v) is 4.47. The number of thiazole rings is 1. The fraction of sp³-hybridized carbons (Fsp3) is 0.350. The number of carbonyl (C=O) groups excluding carboxylic acids is 2. The summed E-state index contributed by atoms with van der Waals surface area (Å²) < 4.78 is 5.56. The Balaban J connectivity index is 1.59. The molecule has 1 saturated heterocycles. The lowest BCUT2D eigenvalue weighted by Gasteiger charge is -2.21. The summed E-state index contributed by atoms with van der Waals surface area (Å²) in [4.78, 5) is 31.9. The monoisotopic (exact) mass is 417 g/mol. The van der Waals surface area contributed by atoms with Gasteiger partial charge in [-0.15, -0.1) is 23.1 Å². The van der Waals surface area contributed by atoms with Crippen LogP contribution in [0.4, 0.5) is 5.13 Å². The van der Waals surface area contributed by atoms with Crippen molar-refractivity contribution in [1.29, 1.82) is 0 Å². The van der Waals surface area contributed by atoms with Crippen molar-refractivity contribution in [3.63, 3.8) is 0 Å². The van der Waals surface area contributed by atoms with E-state index < -0.39 is 6.04 Å². The lowest BCUT2D eigenvalue weighted by Crippen LogP contribution is -2.43. The van der Waals surface area contributed by atoms with Gasteiger partial charge < -0.3 is 15.0 Å². The Morgan fingerprint density at radius 3 is 2.82 bits per heavy atom. The van der Waals surface area contributed by atoms with E-state index in [0.717, 1.165) is 22.6 Å². The van der Waals surface area contributed by atoms with Crippen LogP contribution < -0.4 is 10.1 Å². The molecule has 0 spiro atoms. The topological polar surface area (TPSA) is 71.5 Å². The smallest absolute Gasteiger partial charge is 0.249 e. The zero-order chi connectivity index (χ0) is 19.9. The van der Waals surface area contributed by atoms with Crippen molar-refractivity contribution in [2.45, 2.75) is 26.3 Å². The minimum absolute atomic E-state index is 0.174. The van der Waals surface area contributed by atoms with Gasteiger partial charge in [-0.2, -0.15) is 0 Å². The number of ether oxygens (including phenoxy) is 1. The van der Waals surface area contributed by atoms with Crippen molar-refractivity contribution in [3.05, 3.63) is 47.0 Å². The number of anilines is 1. The predicted octanol–water partition coefficient (Wildman–Crippen LogP) is 3.79. The first-order valence-corrected chi connectivity index (χ1v) is 11.1. The van der Waals surface area contributed by atoms with Crippen molar-refractivity contribution in [3.8, 4) is 5.75 Å². The minimum atomic E-state index is -0.490. The molecule has 1 atom stereocenters.